The SMILES string of the molecule is COc1ccc(CCN2C[C@@H](NS(=O)(=O)N(C)C)CC2=O)cc1. The molecule has 2 rings (SSSR count). The van der Waals surface area contributed by atoms with E-state index in [0.29, 0.717) is 13.1 Å². The lowest BCUT2D eigenvalue weighted by atomic mass is 10.1. The second kappa shape index (κ2) is 7.29. The first-order valence-corrected chi connectivity index (χ1v) is 8.86. The molecular formula is C15H23N3O4S. The summed E-state index contributed by atoms with van der Waals surface area (Å²) in [7, 11) is 1.02. The van der Waals surface area contributed by atoms with Crippen molar-refractivity contribution in [2.24, 2.45) is 0 Å². The Bertz CT molecular complexity index is 643. The summed E-state index contributed by atoms with van der Waals surface area (Å²) in [6.45, 7) is 0.980. The van der Waals surface area contributed by atoms with Crippen molar-refractivity contribution in [2.45, 2.75) is 18.9 Å². The number of carbonyl (C=O) groups is 1. The number of ether oxygens (including phenoxy) is 1. The fourth-order valence-corrected chi connectivity index (χ4v) is 3.23. The highest BCUT2D eigenvalue weighted by molar-refractivity contribution is 7.87. The van der Waals surface area contributed by atoms with Crippen molar-refractivity contribution < 1.29 is 17.9 Å². The summed E-state index contributed by atoms with van der Waals surface area (Å²) < 4.78 is 32.4. The van der Waals surface area contributed by atoms with Crippen molar-refractivity contribution >= 4 is 16.1 Å². The number of likely N-dealkylation sites (tertiary alicyclic amines) is 1. The third-order valence-corrected chi connectivity index (χ3v) is 5.43. The molecule has 8 heteroatoms. The molecule has 1 N–H and O–H groups in total. The van der Waals surface area contributed by atoms with Crippen LogP contribution in [0.2, 0.25) is 0 Å². The molecular weight excluding hydrogens is 318 g/mol. The molecule has 0 bridgehead atoms. The Balaban J connectivity index is 1.88. The van der Waals surface area contributed by atoms with Gasteiger partial charge in [-0.25, -0.2) is 0 Å². The quantitative estimate of drug-likeness (QED) is 0.770. The Morgan fingerprint density at radius 1 is 1.30 bits per heavy atom. The van der Waals surface area contributed by atoms with Crippen LogP contribution in [0.15, 0.2) is 24.3 Å². The zero-order valence-corrected chi connectivity index (χ0v) is 14.5. The van der Waals surface area contributed by atoms with Crippen LogP contribution in [-0.2, 0) is 21.4 Å². The van der Waals surface area contributed by atoms with Gasteiger partial charge in [0.05, 0.1) is 7.11 Å². The van der Waals surface area contributed by atoms with E-state index in [0.717, 1.165) is 22.0 Å². The number of benzene rings is 1. The van der Waals surface area contributed by atoms with E-state index in [1.54, 1.807) is 12.0 Å². The van der Waals surface area contributed by atoms with E-state index in [-0.39, 0.29) is 18.4 Å². The van der Waals surface area contributed by atoms with Crippen LogP contribution in [0.25, 0.3) is 0 Å². The molecule has 0 spiro atoms. The summed E-state index contributed by atoms with van der Waals surface area (Å²) in [5.74, 6) is 0.772. The van der Waals surface area contributed by atoms with Crippen molar-refractivity contribution in [1.29, 1.82) is 0 Å². The Hall–Kier alpha value is -1.64. The topological polar surface area (TPSA) is 79.0 Å². The van der Waals surface area contributed by atoms with Crippen LogP contribution in [0.3, 0.4) is 0 Å². The van der Waals surface area contributed by atoms with Gasteiger partial charge in [-0.1, -0.05) is 12.1 Å². The van der Waals surface area contributed by atoms with Crippen molar-refractivity contribution in [1.82, 2.24) is 13.9 Å². The van der Waals surface area contributed by atoms with Gasteiger partial charge in [0.1, 0.15) is 5.75 Å². The Labute approximate surface area is 137 Å². The molecule has 1 atom stereocenters. The molecule has 7 nitrogen and oxygen atoms in total. The van der Waals surface area contributed by atoms with Crippen molar-refractivity contribution in [3.8, 4) is 5.75 Å². The fourth-order valence-electron chi connectivity index (χ4n) is 2.44. The summed E-state index contributed by atoms with van der Waals surface area (Å²) in [5.41, 5.74) is 1.11. The molecule has 0 radical (unpaired) electrons. The second-order valence-electron chi connectivity index (χ2n) is 5.74. The molecule has 1 aliphatic heterocycles. The van der Waals surface area contributed by atoms with E-state index in [2.05, 4.69) is 4.72 Å². The zero-order chi connectivity index (χ0) is 17.0. The molecule has 1 aromatic rings. The fraction of sp³-hybridized carbons (Fsp3) is 0.533. The summed E-state index contributed by atoms with van der Waals surface area (Å²) in [6.07, 6.45) is 0.929. The molecule has 1 fully saturated rings. The second-order valence-corrected chi connectivity index (χ2v) is 7.66. The van der Waals surface area contributed by atoms with E-state index in [4.69, 9.17) is 4.74 Å². The molecule has 0 saturated carbocycles. The lowest BCUT2D eigenvalue weighted by Crippen LogP contribution is -2.43. The molecule has 0 unspecified atom stereocenters. The van der Waals surface area contributed by atoms with E-state index in [1.165, 1.54) is 14.1 Å². The first-order valence-electron chi connectivity index (χ1n) is 7.42. The molecule has 1 aliphatic rings. The van der Waals surface area contributed by atoms with Crippen LogP contribution >= 0.6 is 0 Å². The number of nitrogens with one attached hydrogen (secondary N) is 1. The highest BCUT2D eigenvalue weighted by atomic mass is 32.2. The number of carbonyl (C=O) groups excluding carboxylic acids is 1. The van der Waals surface area contributed by atoms with E-state index in [1.807, 2.05) is 24.3 Å². The summed E-state index contributed by atoms with van der Waals surface area (Å²) >= 11 is 0. The summed E-state index contributed by atoms with van der Waals surface area (Å²) in [5, 5.41) is 0. The first kappa shape index (κ1) is 17.7. The van der Waals surface area contributed by atoms with Gasteiger partial charge in [0.2, 0.25) is 5.91 Å². The third-order valence-electron chi connectivity index (χ3n) is 3.84. The molecule has 0 aliphatic carbocycles. The van der Waals surface area contributed by atoms with E-state index in [9.17, 15) is 13.2 Å². The van der Waals surface area contributed by atoms with Gasteiger partial charge in [-0.15, -0.1) is 0 Å². The van der Waals surface area contributed by atoms with Crippen molar-refractivity contribution in [2.75, 3.05) is 34.3 Å². The highest BCUT2D eigenvalue weighted by Gasteiger charge is 2.32. The molecule has 0 aromatic heterocycles. The smallest absolute Gasteiger partial charge is 0.279 e. The van der Waals surface area contributed by atoms with Gasteiger partial charge in [-0.2, -0.15) is 17.4 Å². The van der Waals surface area contributed by atoms with Crippen LogP contribution in [0.4, 0.5) is 0 Å². The van der Waals surface area contributed by atoms with Crippen molar-refractivity contribution in [3.63, 3.8) is 0 Å². The van der Waals surface area contributed by atoms with E-state index >= 15 is 0 Å². The summed E-state index contributed by atoms with van der Waals surface area (Å²) in [6, 6.07) is 7.33. The highest BCUT2D eigenvalue weighted by Crippen LogP contribution is 2.15. The van der Waals surface area contributed by atoms with Crippen LogP contribution in [0, 0.1) is 0 Å². The molecule has 1 saturated heterocycles. The summed E-state index contributed by atoms with van der Waals surface area (Å²) in [4.78, 5) is 13.7. The van der Waals surface area contributed by atoms with Crippen LogP contribution in [0.1, 0.15) is 12.0 Å². The maximum atomic E-state index is 12.0. The van der Waals surface area contributed by atoms with Crippen LogP contribution in [-0.4, -0.2) is 63.9 Å². The van der Waals surface area contributed by atoms with Gasteiger partial charge in [0.25, 0.3) is 10.2 Å². The molecule has 1 heterocycles. The average Bonchev–Trinajstić information content (AvgIpc) is 2.84. The number of rotatable bonds is 7. The van der Waals surface area contributed by atoms with Gasteiger partial charge < -0.3 is 9.64 Å². The van der Waals surface area contributed by atoms with Crippen molar-refractivity contribution in [3.05, 3.63) is 29.8 Å². The average molecular weight is 341 g/mol. The lowest BCUT2D eigenvalue weighted by Gasteiger charge is -2.19. The maximum absolute atomic E-state index is 12.0. The van der Waals surface area contributed by atoms with Crippen LogP contribution in [0.5, 0.6) is 5.75 Å². The van der Waals surface area contributed by atoms with E-state index < -0.39 is 10.2 Å². The largest absolute Gasteiger partial charge is 0.497 e. The Kier molecular flexibility index (Phi) is 5.61. The number of nitrogens with zero attached hydrogens (tertiary/aromatic N) is 2. The Morgan fingerprint density at radius 3 is 2.52 bits per heavy atom. The third kappa shape index (κ3) is 4.66. The predicted molar refractivity (Wildman–Crippen MR) is 87.4 cm³/mol. The number of methoxy groups -OCH3 is 1. The zero-order valence-electron chi connectivity index (χ0n) is 13.7. The van der Waals surface area contributed by atoms with Gasteiger partial charge in [0.15, 0.2) is 0 Å². The normalized spacial score (nSPS) is 18.7. The lowest BCUT2D eigenvalue weighted by molar-refractivity contribution is -0.127. The minimum absolute atomic E-state index is 0.0232. The maximum Gasteiger partial charge on any atom is 0.279 e. The molecule has 128 valence electrons. The molecule has 1 aromatic carbocycles. The minimum Gasteiger partial charge on any atom is -0.497 e. The number of hydrogen-bond donors (Lipinski definition) is 1. The first-order chi connectivity index (χ1) is 10.8. The predicted octanol–water partition coefficient (Wildman–Crippen LogP) is 0.235. The molecule has 23 heavy (non-hydrogen) atoms. The van der Waals surface area contributed by atoms with Gasteiger partial charge in [-0.05, 0) is 24.1 Å². The standard InChI is InChI=1S/C15H23N3O4S/c1-17(2)23(20,21)16-13-10-15(19)18(11-13)9-8-12-4-6-14(22-3)7-5-12/h4-7,13,16H,8-11H2,1-3H3/t13-/m0/s1. The minimum atomic E-state index is -3.51. The number of amides is 1. The molecule has 1 amide bonds. The van der Waals surface area contributed by atoms with Gasteiger partial charge in [-0.3, -0.25) is 4.79 Å². The van der Waals surface area contributed by atoms with Crippen LogP contribution < -0.4 is 9.46 Å². The van der Waals surface area contributed by atoms with Gasteiger partial charge >= 0.3 is 0 Å². The number of hydrogen-bond acceptors (Lipinski definition) is 4. The monoisotopic (exact) mass is 341 g/mol. The van der Waals surface area contributed by atoms with Gasteiger partial charge in [0, 0.05) is 39.6 Å². The Morgan fingerprint density at radius 2 is 1.96 bits per heavy atom.